The summed E-state index contributed by atoms with van der Waals surface area (Å²) in [6, 6.07) is 8.23. The third-order valence-corrected chi connectivity index (χ3v) is 4.83. The van der Waals surface area contributed by atoms with E-state index < -0.39 is 0 Å². The SMILES string of the molecule is Cc1cc(-n2c(C)cc(C(=O)CN(C)Cc3c(F)cccc3Cl)c2C)no1. The Balaban J connectivity index is 1.78. The maximum absolute atomic E-state index is 14.0. The summed E-state index contributed by atoms with van der Waals surface area (Å²) in [4.78, 5) is 14.6. The van der Waals surface area contributed by atoms with Crippen LogP contribution in [-0.4, -0.2) is 34.0 Å². The van der Waals surface area contributed by atoms with Crippen LogP contribution in [0.2, 0.25) is 5.02 Å². The molecule has 27 heavy (non-hydrogen) atoms. The molecule has 0 radical (unpaired) electrons. The number of nitrogens with zero attached hydrogens (tertiary/aromatic N) is 3. The second-order valence-electron chi connectivity index (χ2n) is 6.71. The van der Waals surface area contributed by atoms with Crippen LogP contribution in [0.4, 0.5) is 4.39 Å². The van der Waals surface area contributed by atoms with Crippen LogP contribution in [0.5, 0.6) is 0 Å². The van der Waals surface area contributed by atoms with Crippen LogP contribution < -0.4 is 0 Å². The van der Waals surface area contributed by atoms with Gasteiger partial charge in [-0.3, -0.25) is 14.3 Å². The fraction of sp³-hybridized carbons (Fsp3) is 0.300. The van der Waals surface area contributed by atoms with Gasteiger partial charge in [-0.25, -0.2) is 4.39 Å². The Bertz CT molecular complexity index is 973. The molecule has 0 amide bonds. The summed E-state index contributed by atoms with van der Waals surface area (Å²) in [5, 5.41) is 4.38. The Labute approximate surface area is 162 Å². The first kappa shape index (κ1) is 19.3. The Kier molecular flexibility index (Phi) is 5.48. The Hall–Kier alpha value is -2.44. The van der Waals surface area contributed by atoms with E-state index in [2.05, 4.69) is 5.16 Å². The summed E-state index contributed by atoms with van der Waals surface area (Å²) < 4.78 is 21.0. The van der Waals surface area contributed by atoms with E-state index in [1.807, 2.05) is 37.5 Å². The molecule has 3 rings (SSSR count). The van der Waals surface area contributed by atoms with Gasteiger partial charge in [0.15, 0.2) is 11.6 Å². The topological polar surface area (TPSA) is 51.3 Å². The third-order valence-electron chi connectivity index (χ3n) is 4.48. The summed E-state index contributed by atoms with van der Waals surface area (Å²) in [5.74, 6) is 0.922. The number of benzene rings is 1. The number of Topliss-reactive ketones (excluding diaryl/α,β-unsaturated/α-hetero) is 1. The lowest BCUT2D eigenvalue weighted by molar-refractivity contribution is 0.0941. The van der Waals surface area contributed by atoms with Crippen molar-refractivity contribution in [1.29, 1.82) is 0 Å². The van der Waals surface area contributed by atoms with Crippen LogP contribution in [-0.2, 0) is 6.54 Å². The van der Waals surface area contributed by atoms with Crippen molar-refractivity contribution >= 4 is 17.4 Å². The Morgan fingerprint density at radius 2 is 2.04 bits per heavy atom. The van der Waals surface area contributed by atoms with Crippen molar-refractivity contribution in [1.82, 2.24) is 14.6 Å². The van der Waals surface area contributed by atoms with Gasteiger partial charge in [0.1, 0.15) is 11.6 Å². The van der Waals surface area contributed by atoms with Gasteiger partial charge in [0.2, 0.25) is 0 Å². The molecule has 5 nitrogen and oxygen atoms in total. The van der Waals surface area contributed by atoms with Crippen LogP contribution in [0.25, 0.3) is 5.82 Å². The highest BCUT2D eigenvalue weighted by Crippen LogP contribution is 2.23. The van der Waals surface area contributed by atoms with Gasteiger partial charge < -0.3 is 4.52 Å². The monoisotopic (exact) mass is 389 g/mol. The average Bonchev–Trinajstić information content (AvgIpc) is 3.14. The van der Waals surface area contributed by atoms with Gasteiger partial charge in [-0.1, -0.05) is 22.8 Å². The second kappa shape index (κ2) is 7.66. The minimum Gasteiger partial charge on any atom is -0.360 e. The molecule has 1 aromatic carbocycles. The maximum Gasteiger partial charge on any atom is 0.180 e. The zero-order valence-corrected chi connectivity index (χ0v) is 16.5. The van der Waals surface area contributed by atoms with E-state index in [0.717, 1.165) is 11.4 Å². The quantitative estimate of drug-likeness (QED) is 0.582. The first-order valence-corrected chi connectivity index (χ1v) is 8.93. The first-order valence-electron chi connectivity index (χ1n) is 8.55. The van der Waals surface area contributed by atoms with Gasteiger partial charge in [-0.2, -0.15) is 0 Å². The normalized spacial score (nSPS) is 11.4. The van der Waals surface area contributed by atoms with Crippen molar-refractivity contribution in [2.45, 2.75) is 27.3 Å². The molecule has 3 aromatic rings. The van der Waals surface area contributed by atoms with Gasteiger partial charge in [0.05, 0.1) is 6.54 Å². The summed E-state index contributed by atoms with van der Waals surface area (Å²) in [5.41, 5.74) is 2.68. The van der Waals surface area contributed by atoms with E-state index in [-0.39, 0.29) is 24.7 Å². The zero-order chi connectivity index (χ0) is 19.7. The number of aromatic nitrogens is 2. The van der Waals surface area contributed by atoms with Gasteiger partial charge >= 0.3 is 0 Å². The number of hydrogen-bond acceptors (Lipinski definition) is 4. The Morgan fingerprint density at radius 3 is 2.67 bits per heavy atom. The van der Waals surface area contributed by atoms with E-state index in [9.17, 15) is 9.18 Å². The van der Waals surface area contributed by atoms with Crippen LogP contribution in [0.1, 0.15) is 33.1 Å². The number of hydrogen-bond donors (Lipinski definition) is 0. The molecule has 0 bridgehead atoms. The van der Waals surface area contributed by atoms with Crippen LogP contribution >= 0.6 is 11.6 Å². The molecule has 0 N–H and O–H groups in total. The highest BCUT2D eigenvalue weighted by molar-refractivity contribution is 6.31. The molecule has 0 unspecified atom stereocenters. The highest BCUT2D eigenvalue weighted by atomic mass is 35.5. The molecule has 0 aliphatic carbocycles. The zero-order valence-electron chi connectivity index (χ0n) is 15.7. The lowest BCUT2D eigenvalue weighted by atomic mass is 10.1. The number of carbonyl (C=O) groups excluding carboxylic acids is 1. The number of halogens is 2. The van der Waals surface area contributed by atoms with E-state index in [0.29, 0.717) is 27.7 Å². The minimum atomic E-state index is -0.374. The molecule has 0 aliphatic rings. The number of carbonyl (C=O) groups is 1. The van der Waals surface area contributed by atoms with Crippen LogP contribution in [0.15, 0.2) is 34.9 Å². The maximum atomic E-state index is 14.0. The average molecular weight is 390 g/mol. The fourth-order valence-corrected chi connectivity index (χ4v) is 3.42. The van der Waals surface area contributed by atoms with E-state index >= 15 is 0 Å². The predicted octanol–water partition coefficient (Wildman–Crippen LogP) is 4.50. The van der Waals surface area contributed by atoms with Crippen molar-refractivity contribution in [2.75, 3.05) is 13.6 Å². The molecule has 0 atom stereocenters. The summed E-state index contributed by atoms with van der Waals surface area (Å²) in [7, 11) is 1.76. The summed E-state index contributed by atoms with van der Waals surface area (Å²) in [6.45, 7) is 6.00. The number of rotatable bonds is 6. The Morgan fingerprint density at radius 1 is 1.30 bits per heavy atom. The fourth-order valence-electron chi connectivity index (χ4n) is 3.20. The minimum absolute atomic E-state index is 0.0514. The second-order valence-corrected chi connectivity index (χ2v) is 7.12. The van der Waals surface area contributed by atoms with Gasteiger partial charge in [-0.15, -0.1) is 0 Å². The third kappa shape index (κ3) is 3.96. The molecule has 2 aromatic heterocycles. The largest absolute Gasteiger partial charge is 0.360 e. The van der Waals surface area contributed by atoms with Gasteiger partial charge in [0, 0.05) is 40.1 Å². The van der Waals surface area contributed by atoms with E-state index in [1.54, 1.807) is 24.1 Å². The predicted molar refractivity (Wildman–Crippen MR) is 102 cm³/mol. The standard InChI is InChI=1S/C20H21ClFN3O2/c1-12-8-15(14(3)25(12)20-9-13(2)27-23-20)19(26)11-24(4)10-16-17(21)6-5-7-18(16)22/h5-9H,10-11H2,1-4H3. The van der Waals surface area contributed by atoms with E-state index in [1.165, 1.54) is 6.07 Å². The molecule has 0 fully saturated rings. The van der Waals surface area contributed by atoms with Crippen molar-refractivity contribution < 1.29 is 13.7 Å². The van der Waals surface area contributed by atoms with Crippen molar-refractivity contribution in [2.24, 2.45) is 0 Å². The van der Waals surface area contributed by atoms with Crippen LogP contribution in [0, 0.1) is 26.6 Å². The molecule has 0 saturated carbocycles. The molecule has 7 heteroatoms. The van der Waals surface area contributed by atoms with Crippen molar-refractivity contribution in [3.8, 4) is 5.82 Å². The summed E-state index contributed by atoms with van der Waals surface area (Å²) in [6.07, 6.45) is 0. The van der Waals surface area contributed by atoms with Crippen molar-refractivity contribution in [3.63, 3.8) is 0 Å². The smallest absolute Gasteiger partial charge is 0.180 e. The molecule has 2 heterocycles. The molecular weight excluding hydrogens is 369 g/mol. The molecule has 0 spiro atoms. The van der Waals surface area contributed by atoms with Crippen LogP contribution in [0.3, 0.4) is 0 Å². The first-order chi connectivity index (χ1) is 12.8. The number of ketones is 1. The molecule has 0 saturated heterocycles. The lowest BCUT2D eigenvalue weighted by Crippen LogP contribution is -2.26. The molecular formula is C20H21ClFN3O2. The van der Waals surface area contributed by atoms with Crippen molar-refractivity contribution in [3.05, 3.63) is 69.4 Å². The van der Waals surface area contributed by atoms with Gasteiger partial charge in [0.25, 0.3) is 0 Å². The number of likely N-dealkylation sites (N-methyl/N-ethyl adjacent to an activating group) is 1. The lowest BCUT2D eigenvalue weighted by Gasteiger charge is -2.17. The molecule has 0 aliphatic heterocycles. The van der Waals surface area contributed by atoms with E-state index in [4.69, 9.17) is 16.1 Å². The number of aryl methyl sites for hydroxylation is 2. The summed E-state index contributed by atoms with van der Waals surface area (Å²) >= 11 is 6.08. The molecule has 142 valence electrons. The highest BCUT2D eigenvalue weighted by Gasteiger charge is 2.20. The van der Waals surface area contributed by atoms with Gasteiger partial charge in [-0.05, 0) is 46.0 Å².